The van der Waals surface area contributed by atoms with E-state index < -0.39 is 5.82 Å². The quantitative estimate of drug-likeness (QED) is 0.422. The molecule has 0 fully saturated rings. The molecule has 1 aromatic carbocycles. The third-order valence-electron chi connectivity index (χ3n) is 3.03. The predicted octanol–water partition coefficient (Wildman–Crippen LogP) is 4.77. The molecule has 0 radical (unpaired) electrons. The Morgan fingerprint density at radius 3 is 2.71 bits per heavy atom. The van der Waals surface area contributed by atoms with Crippen LogP contribution in [0.25, 0.3) is 0 Å². The maximum absolute atomic E-state index is 13.4. The highest BCUT2D eigenvalue weighted by atomic mass is 79.9. The molecule has 0 saturated heterocycles. The van der Waals surface area contributed by atoms with E-state index >= 15 is 0 Å². The van der Waals surface area contributed by atoms with Gasteiger partial charge in [0.2, 0.25) is 0 Å². The van der Waals surface area contributed by atoms with Gasteiger partial charge >= 0.3 is 5.97 Å². The van der Waals surface area contributed by atoms with Crippen molar-refractivity contribution in [3.8, 4) is 0 Å². The van der Waals surface area contributed by atoms with E-state index in [1.54, 1.807) is 6.07 Å². The molecule has 0 heterocycles. The maximum Gasteiger partial charge on any atom is 0.319 e. The Labute approximate surface area is 137 Å². The van der Waals surface area contributed by atoms with E-state index in [0.29, 0.717) is 10.9 Å². The fraction of sp³-hybridized carbons (Fsp3) is 0.533. The first-order valence-electron chi connectivity index (χ1n) is 7.00. The molecule has 0 spiro atoms. The van der Waals surface area contributed by atoms with Crippen molar-refractivity contribution in [3.05, 3.63) is 22.4 Å². The zero-order valence-corrected chi connectivity index (χ0v) is 14.9. The van der Waals surface area contributed by atoms with E-state index in [1.807, 2.05) is 20.8 Å². The lowest BCUT2D eigenvalue weighted by Gasteiger charge is -2.19. The second-order valence-electron chi connectivity index (χ2n) is 4.86. The van der Waals surface area contributed by atoms with Gasteiger partial charge in [-0.2, -0.15) is 0 Å². The van der Waals surface area contributed by atoms with Crippen LogP contribution < -0.4 is 5.73 Å². The van der Waals surface area contributed by atoms with Crippen molar-refractivity contribution >= 4 is 39.3 Å². The van der Waals surface area contributed by atoms with Gasteiger partial charge in [-0.1, -0.05) is 20.3 Å². The Hall–Kier alpha value is -0.750. The molecular weight excluding hydrogens is 357 g/mol. The minimum atomic E-state index is -0.472. The van der Waals surface area contributed by atoms with Crippen LogP contribution in [0.5, 0.6) is 0 Å². The van der Waals surface area contributed by atoms with Crippen molar-refractivity contribution in [3.63, 3.8) is 0 Å². The fourth-order valence-electron chi connectivity index (χ4n) is 1.63. The second kappa shape index (κ2) is 8.63. The van der Waals surface area contributed by atoms with E-state index in [0.717, 1.165) is 17.7 Å². The number of rotatable bonds is 7. The summed E-state index contributed by atoms with van der Waals surface area (Å²) in [6, 6.07) is 2.87. The minimum Gasteiger partial charge on any atom is -0.462 e. The Kier molecular flexibility index (Phi) is 7.52. The van der Waals surface area contributed by atoms with E-state index in [-0.39, 0.29) is 23.0 Å². The van der Waals surface area contributed by atoms with E-state index in [1.165, 1.54) is 17.8 Å². The highest BCUT2D eigenvalue weighted by Crippen LogP contribution is 2.35. The van der Waals surface area contributed by atoms with Crippen LogP contribution in [0.4, 0.5) is 10.1 Å². The Balaban J connectivity index is 2.88. The molecule has 1 rings (SSSR count). The van der Waals surface area contributed by atoms with Crippen LogP contribution in [0.2, 0.25) is 0 Å². The number of nitrogen functional groups attached to an aromatic ring is 1. The summed E-state index contributed by atoms with van der Waals surface area (Å²) in [5.41, 5.74) is 5.67. The molecule has 0 aliphatic heterocycles. The third-order valence-corrected chi connectivity index (χ3v) is 5.25. The van der Waals surface area contributed by atoms with E-state index in [2.05, 4.69) is 15.9 Å². The molecule has 0 aliphatic carbocycles. The van der Waals surface area contributed by atoms with Crippen LogP contribution in [0.15, 0.2) is 21.5 Å². The van der Waals surface area contributed by atoms with E-state index in [4.69, 9.17) is 10.5 Å². The number of carbonyl (C=O) groups excluding carboxylic acids is 1. The van der Waals surface area contributed by atoms with Crippen molar-refractivity contribution in [2.45, 2.75) is 56.3 Å². The van der Waals surface area contributed by atoms with Crippen molar-refractivity contribution in [2.24, 2.45) is 0 Å². The van der Waals surface area contributed by atoms with Crippen molar-refractivity contribution in [1.29, 1.82) is 0 Å². The zero-order chi connectivity index (χ0) is 16.0. The summed E-state index contributed by atoms with van der Waals surface area (Å²) in [7, 11) is 0. The molecule has 0 aliphatic rings. The molecule has 1 aromatic rings. The second-order valence-corrected chi connectivity index (χ2v) is 6.95. The molecule has 21 heavy (non-hydrogen) atoms. The van der Waals surface area contributed by atoms with Gasteiger partial charge in [0.05, 0.1) is 11.8 Å². The van der Waals surface area contributed by atoms with E-state index in [9.17, 15) is 9.18 Å². The lowest BCUT2D eigenvalue weighted by Crippen LogP contribution is -2.24. The van der Waals surface area contributed by atoms with Crippen molar-refractivity contribution in [2.75, 3.05) is 5.73 Å². The van der Waals surface area contributed by atoms with Crippen LogP contribution in [-0.4, -0.2) is 17.3 Å². The molecule has 2 N–H and O–H groups in total. The smallest absolute Gasteiger partial charge is 0.319 e. The molecule has 6 heteroatoms. The normalized spacial score (nSPS) is 13.8. The van der Waals surface area contributed by atoms with Crippen LogP contribution in [-0.2, 0) is 9.53 Å². The largest absolute Gasteiger partial charge is 0.462 e. The van der Waals surface area contributed by atoms with Gasteiger partial charge in [0.1, 0.15) is 11.1 Å². The number of hydrogen-bond acceptors (Lipinski definition) is 4. The standard InChI is InChI=1S/C15H21BrFNO2S/c1-4-6-13(15(19)20-9(3)5-2)21-14-8-12(18)11(17)7-10(14)16/h7-9,13H,4-6,18H2,1-3H3. The summed E-state index contributed by atoms with van der Waals surface area (Å²) in [4.78, 5) is 13.0. The number of nitrogens with two attached hydrogens (primary N) is 1. The van der Waals surface area contributed by atoms with Gasteiger partial charge in [-0.25, -0.2) is 4.39 Å². The molecule has 0 saturated carbocycles. The molecule has 3 nitrogen and oxygen atoms in total. The molecule has 2 unspecified atom stereocenters. The van der Waals surface area contributed by atoms with Crippen LogP contribution >= 0.6 is 27.7 Å². The number of benzene rings is 1. The van der Waals surface area contributed by atoms with Gasteiger partial charge in [-0.15, -0.1) is 11.8 Å². The topological polar surface area (TPSA) is 52.3 Å². The van der Waals surface area contributed by atoms with Crippen molar-refractivity contribution < 1.29 is 13.9 Å². The summed E-state index contributed by atoms with van der Waals surface area (Å²) in [5.74, 6) is -0.702. The maximum atomic E-state index is 13.4. The Morgan fingerprint density at radius 2 is 2.14 bits per heavy atom. The number of esters is 1. The predicted molar refractivity (Wildman–Crippen MR) is 88.9 cm³/mol. The van der Waals surface area contributed by atoms with Gasteiger partial charge in [0, 0.05) is 9.37 Å². The number of hydrogen-bond donors (Lipinski definition) is 1. The highest BCUT2D eigenvalue weighted by molar-refractivity contribution is 9.10. The Morgan fingerprint density at radius 1 is 1.48 bits per heavy atom. The summed E-state index contributed by atoms with van der Waals surface area (Å²) in [6.45, 7) is 5.85. The first-order chi connectivity index (χ1) is 9.88. The zero-order valence-electron chi connectivity index (χ0n) is 12.5. The molecule has 2 atom stereocenters. The molecule has 0 amide bonds. The first kappa shape index (κ1) is 18.3. The third kappa shape index (κ3) is 5.51. The number of halogens is 2. The van der Waals surface area contributed by atoms with Gasteiger partial charge in [0.15, 0.2) is 0 Å². The highest BCUT2D eigenvalue weighted by Gasteiger charge is 2.23. The van der Waals surface area contributed by atoms with Crippen LogP contribution in [0, 0.1) is 5.82 Å². The summed E-state index contributed by atoms with van der Waals surface area (Å²) >= 11 is 4.66. The van der Waals surface area contributed by atoms with Crippen molar-refractivity contribution in [1.82, 2.24) is 0 Å². The van der Waals surface area contributed by atoms with Gasteiger partial charge in [-0.05, 0) is 47.8 Å². The summed E-state index contributed by atoms with van der Waals surface area (Å²) in [6.07, 6.45) is 2.24. The number of carbonyl (C=O) groups is 1. The van der Waals surface area contributed by atoms with Crippen LogP contribution in [0.1, 0.15) is 40.0 Å². The average molecular weight is 378 g/mol. The number of ether oxygens (including phenoxy) is 1. The monoisotopic (exact) mass is 377 g/mol. The van der Waals surface area contributed by atoms with Gasteiger partial charge < -0.3 is 10.5 Å². The average Bonchev–Trinajstić information content (AvgIpc) is 2.43. The van der Waals surface area contributed by atoms with Gasteiger partial charge in [0.25, 0.3) is 0 Å². The molecule has 0 aromatic heterocycles. The first-order valence-corrected chi connectivity index (χ1v) is 8.67. The molecule has 0 bridgehead atoms. The lowest BCUT2D eigenvalue weighted by molar-refractivity contribution is -0.147. The number of thioether (sulfide) groups is 1. The summed E-state index contributed by atoms with van der Waals surface area (Å²) in [5, 5.41) is -0.315. The Bertz CT molecular complexity index is 499. The molecular formula is C15H21BrFNO2S. The van der Waals surface area contributed by atoms with Gasteiger partial charge in [-0.3, -0.25) is 4.79 Å². The number of anilines is 1. The lowest BCUT2D eigenvalue weighted by atomic mass is 10.2. The minimum absolute atomic E-state index is 0.0752. The van der Waals surface area contributed by atoms with Crippen LogP contribution in [0.3, 0.4) is 0 Å². The fourth-order valence-corrected chi connectivity index (χ4v) is 3.41. The molecule has 118 valence electrons. The summed E-state index contributed by atoms with van der Waals surface area (Å²) < 4.78 is 19.4. The SMILES string of the molecule is CCCC(Sc1cc(N)c(F)cc1Br)C(=O)OC(C)CC.